The smallest absolute Gasteiger partial charge is 0.338 e. The van der Waals surface area contributed by atoms with Crippen molar-refractivity contribution < 1.29 is 9.53 Å². The van der Waals surface area contributed by atoms with E-state index in [-0.39, 0.29) is 5.56 Å². The molecule has 0 aliphatic carbocycles. The minimum absolute atomic E-state index is 0.190. The van der Waals surface area contributed by atoms with E-state index in [9.17, 15) is 9.59 Å². The van der Waals surface area contributed by atoms with Crippen LogP contribution in [-0.4, -0.2) is 27.4 Å². The van der Waals surface area contributed by atoms with Crippen molar-refractivity contribution in [2.24, 2.45) is 4.99 Å². The number of esters is 1. The Kier molecular flexibility index (Phi) is 5.26. The summed E-state index contributed by atoms with van der Waals surface area (Å²) in [6.45, 7) is 6.46. The maximum absolute atomic E-state index is 13.4. The highest BCUT2D eigenvalue weighted by Gasteiger charge is 2.32. The van der Waals surface area contributed by atoms with Gasteiger partial charge in [0, 0.05) is 18.3 Å². The van der Waals surface area contributed by atoms with E-state index in [0.717, 1.165) is 23.4 Å². The minimum Gasteiger partial charge on any atom is -0.466 e. The third-order valence-electron chi connectivity index (χ3n) is 5.14. The highest BCUT2D eigenvalue weighted by molar-refractivity contribution is 7.07. The number of thiazole rings is 1. The summed E-state index contributed by atoms with van der Waals surface area (Å²) in [7, 11) is 1.34. The summed E-state index contributed by atoms with van der Waals surface area (Å²) >= 11 is 1.31. The van der Waals surface area contributed by atoms with Gasteiger partial charge in [-0.05, 0) is 32.4 Å². The fourth-order valence-electron chi connectivity index (χ4n) is 3.62. The van der Waals surface area contributed by atoms with E-state index in [1.807, 2.05) is 61.1 Å². The van der Waals surface area contributed by atoms with E-state index in [2.05, 4.69) is 10.1 Å². The van der Waals surface area contributed by atoms with Gasteiger partial charge in [0.2, 0.25) is 0 Å². The number of carbonyl (C=O) groups excluding carboxylic acids is 1. The molecule has 154 valence electrons. The Labute approximate surface area is 177 Å². The van der Waals surface area contributed by atoms with Gasteiger partial charge in [0.1, 0.15) is 0 Å². The van der Waals surface area contributed by atoms with E-state index in [1.165, 1.54) is 18.4 Å². The van der Waals surface area contributed by atoms with Gasteiger partial charge in [0.25, 0.3) is 5.56 Å². The highest BCUT2D eigenvalue weighted by Crippen LogP contribution is 2.30. The molecule has 3 heterocycles. The van der Waals surface area contributed by atoms with Crippen LogP contribution in [0.3, 0.4) is 0 Å². The van der Waals surface area contributed by atoms with Gasteiger partial charge in [-0.25, -0.2) is 9.79 Å². The van der Waals surface area contributed by atoms with Crippen LogP contribution in [0.2, 0.25) is 0 Å². The molecule has 2 aromatic heterocycles. The van der Waals surface area contributed by atoms with Gasteiger partial charge < -0.3 is 4.74 Å². The van der Waals surface area contributed by atoms with E-state index in [1.54, 1.807) is 11.5 Å². The number of ether oxygens (including phenoxy) is 1. The molecule has 4 rings (SSSR count). The van der Waals surface area contributed by atoms with Crippen LogP contribution >= 0.6 is 11.3 Å². The molecule has 0 amide bonds. The first-order valence-electron chi connectivity index (χ1n) is 9.64. The van der Waals surface area contributed by atoms with Crippen molar-refractivity contribution in [3.8, 4) is 0 Å². The molecule has 0 unspecified atom stereocenters. The summed E-state index contributed by atoms with van der Waals surface area (Å²) < 4.78 is 8.99. The molecule has 0 N–H and O–H groups in total. The fraction of sp³-hybridized carbons (Fsp3) is 0.273. The van der Waals surface area contributed by atoms with E-state index in [4.69, 9.17) is 4.74 Å². The first-order chi connectivity index (χ1) is 14.4. The Bertz CT molecular complexity index is 1330. The number of methoxy groups -OCH3 is 1. The summed E-state index contributed by atoms with van der Waals surface area (Å²) in [5, 5.41) is 4.45. The number of aryl methyl sites for hydroxylation is 2. The molecule has 30 heavy (non-hydrogen) atoms. The molecule has 7 nitrogen and oxygen atoms in total. The van der Waals surface area contributed by atoms with Gasteiger partial charge in [0.05, 0.1) is 34.6 Å². The van der Waals surface area contributed by atoms with Crippen molar-refractivity contribution in [2.75, 3.05) is 7.11 Å². The maximum atomic E-state index is 13.4. The van der Waals surface area contributed by atoms with E-state index in [0.29, 0.717) is 20.6 Å². The van der Waals surface area contributed by atoms with Crippen molar-refractivity contribution in [3.05, 3.63) is 84.3 Å². The van der Waals surface area contributed by atoms with Gasteiger partial charge in [-0.3, -0.25) is 14.0 Å². The first kappa shape index (κ1) is 20.0. The molecule has 0 bridgehead atoms. The normalized spacial score (nSPS) is 16.4. The zero-order valence-corrected chi connectivity index (χ0v) is 18.1. The number of hydrogen-bond donors (Lipinski definition) is 0. The number of hydrogen-bond acceptors (Lipinski definition) is 6. The van der Waals surface area contributed by atoms with Crippen LogP contribution in [0.1, 0.15) is 36.7 Å². The Balaban J connectivity index is 1.97. The minimum atomic E-state index is -0.587. The van der Waals surface area contributed by atoms with Crippen LogP contribution in [0.15, 0.2) is 57.6 Å². The quantitative estimate of drug-likeness (QED) is 0.602. The second-order valence-corrected chi connectivity index (χ2v) is 8.02. The molecule has 0 radical (unpaired) electrons. The summed E-state index contributed by atoms with van der Waals surface area (Å²) in [4.78, 5) is 31.1. The lowest BCUT2D eigenvalue weighted by molar-refractivity contribution is -0.136. The number of allylic oxidation sites excluding steroid dienone is 1. The topological polar surface area (TPSA) is 78.5 Å². The lowest BCUT2D eigenvalue weighted by Gasteiger charge is -2.24. The third-order valence-corrected chi connectivity index (χ3v) is 6.12. The monoisotopic (exact) mass is 422 g/mol. The lowest BCUT2D eigenvalue weighted by atomic mass is 9.96. The van der Waals surface area contributed by atoms with Gasteiger partial charge in [0.15, 0.2) is 4.80 Å². The number of fused-ring (bicyclic) bond motifs is 1. The van der Waals surface area contributed by atoms with Crippen molar-refractivity contribution in [1.82, 2.24) is 14.3 Å². The van der Waals surface area contributed by atoms with Crippen LogP contribution in [0.5, 0.6) is 0 Å². The summed E-state index contributed by atoms with van der Waals surface area (Å²) in [5.74, 6) is -0.487. The number of aromatic nitrogens is 3. The standard InChI is InChI=1S/C22H22N4O3S/c1-5-25-12-16(13(2)24-25)11-17-20(27)26-19(15-9-7-6-8-10-15)18(21(28)29-4)14(3)23-22(26)30-17/h6-12,19H,5H2,1-4H3/b17-11-/t19-/m1/s1. The van der Waals surface area contributed by atoms with Crippen LogP contribution in [0.25, 0.3) is 6.08 Å². The second kappa shape index (κ2) is 7.87. The predicted octanol–water partition coefficient (Wildman–Crippen LogP) is 1.93. The molecule has 0 saturated carbocycles. The van der Waals surface area contributed by atoms with E-state index >= 15 is 0 Å². The molecule has 3 aromatic rings. The summed E-state index contributed by atoms with van der Waals surface area (Å²) in [6.07, 6.45) is 3.77. The molecular weight excluding hydrogens is 400 g/mol. The van der Waals surface area contributed by atoms with Crippen LogP contribution in [-0.2, 0) is 16.1 Å². The first-order valence-corrected chi connectivity index (χ1v) is 10.5. The average molecular weight is 423 g/mol. The van der Waals surface area contributed by atoms with Crippen molar-refractivity contribution in [1.29, 1.82) is 0 Å². The highest BCUT2D eigenvalue weighted by atomic mass is 32.1. The van der Waals surface area contributed by atoms with Gasteiger partial charge in [-0.1, -0.05) is 41.7 Å². The number of rotatable bonds is 4. The molecule has 1 aliphatic rings. The van der Waals surface area contributed by atoms with Crippen LogP contribution in [0, 0.1) is 6.92 Å². The average Bonchev–Trinajstić information content (AvgIpc) is 3.26. The van der Waals surface area contributed by atoms with Crippen LogP contribution in [0.4, 0.5) is 0 Å². The third kappa shape index (κ3) is 3.33. The molecule has 1 aliphatic heterocycles. The SMILES string of the molecule is CCn1cc(/C=c2\sc3n(c2=O)[C@H](c2ccccc2)C(C(=O)OC)=C(C)N=3)c(C)n1. The molecule has 0 saturated heterocycles. The predicted molar refractivity (Wildman–Crippen MR) is 115 cm³/mol. The number of carbonyl (C=O) groups is 1. The number of nitrogens with zero attached hydrogens (tertiary/aromatic N) is 4. The zero-order chi connectivity index (χ0) is 21.4. The molecule has 1 atom stereocenters. The second-order valence-electron chi connectivity index (χ2n) is 7.01. The molecule has 0 fully saturated rings. The van der Waals surface area contributed by atoms with E-state index < -0.39 is 12.0 Å². The summed E-state index contributed by atoms with van der Waals surface area (Å²) in [6, 6.07) is 8.89. The molecule has 1 aromatic carbocycles. The van der Waals surface area contributed by atoms with Crippen molar-refractivity contribution >= 4 is 23.4 Å². The van der Waals surface area contributed by atoms with Gasteiger partial charge >= 0.3 is 5.97 Å². The van der Waals surface area contributed by atoms with Gasteiger partial charge in [-0.15, -0.1) is 0 Å². The Morgan fingerprint density at radius 1 is 1.27 bits per heavy atom. The largest absolute Gasteiger partial charge is 0.466 e. The molecule has 0 spiro atoms. The number of benzene rings is 1. The zero-order valence-electron chi connectivity index (χ0n) is 17.2. The molecule has 8 heteroatoms. The molecular formula is C22H22N4O3S. The summed E-state index contributed by atoms with van der Waals surface area (Å²) in [5.41, 5.74) is 3.31. The van der Waals surface area contributed by atoms with Crippen molar-refractivity contribution in [3.63, 3.8) is 0 Å². The lowest BCUT2D eigenvalue weighted by Crippen LogP contribution is -2.39. The fourth-order valence-corrected chi connectivity index (χ4v) is 4.66. The van der Waals surface area contributed by atoms with Gasteiger partial charge in [-0.2, -0.15) is 5.10 Å². The van der Waals surface area contributed by atoms with Crippen LogP contribution < -0.4 is 14.9 Å². The maximum Gasteiger partial charge on any atom is 0.338 e. The Hall–Kier alpha value is -3.26. The Morgan fingerprint density at radius 3 is 2.63 bits per heavy atom. The van der Waals surface area contributed by atoms with Crippen molar-refractivity contribution in [2.45, 2.75) is 33.4 Å². The Morgan fingerprint density at radius 2 is 2.00 bits per heavy atom.